The minimum absolute atomic E-state index is 0.160. The fourth-order valence-corrected chi connectivity index (χ4v) is 15.2. The van der Waals surface area contributed by atoms with E-state index in [9.17, 15) is 0 Å². The molecular weight excluding hydrogens is 220 g/mol. The summed E-state index contributed by atoms with van der Waals surface area (Å²) < 4.78 is 0. The molecule has 0 atom stereocenters. The van der Waals surface area contributed by atoms with Gasteiger partial charge in [-0.2, -0.15) is 0 Å². The van der Waals surface area contributed by atoms with Gasteiger partial charge in [0, 0.05) is 8.80 Å². The molecule has 60 valence electrons. The van der Waals surface area contributed by atoms with E-state index in [0.29, 0.717) is 0 Å². The highest BCUT2D eigenvalue weighted by Gasteiger charge is 2.20. The van der Waals surface area contributed by atoms with Crippen molar-refractivity contribution in [3.05, 3.63) is 0 Å². The Balaban J connectivity index is 2.13. The molecule has 0 amide bonds. The molecular formula is C7H17BrSi2. The molecule has 1 saturated heterocycles. The van der Waals surface area contributed by atoms with E-state index in [2.05, 4.69) is 22.2 Å². The van der Waals surface area contributed by atoms with Crippen molar-refractivity contribution in [2.24, 2.45) is 0 Å². The zero-order valence-electron chi connectivity index (χ0n) is 6.78. The Labute approximate surface area is 75.2 Å². The first kappa shape index (κ1) is 9.01. The summed E-state index contributed by atoms with van der Waals surface area (Å²) in [6.07, 6.45) is 1.45. The normalized spacial score (nSPS) is 34.2. The quantitative estimate of drug-likeness (QED) is 0.512. The van der Waals surface area contributed by atoms with E-state index in [-0.39, 0.29) is 16.2 Å². The van der Waals surface area contributed by atoms with Crippen molar-refractivity contribution >= 4 is 31.5 Å². The SMILES string of the molecule is CCC[SiH]1CC[SiH](Br)CC1. The fourth-order valence-electron chi connectivity index (χ4n) is 1.82. The lowest BCUT2D eigenvalue weighted by Gasteiger charge is -2.22. The smallest absolute Gasteiger partial charge is 0.114 e. The van der Waals surface area contributed by atoms with Gasteiger partial charge in [0.05, 0.1) is 0 Å². The summed E-state index contributed by atoms with van der Waals surface area (Å²) in [4.78, 5) is 0. The van der Waals surface area contributed by atoms with Crippen molar-refractivity contribution in [3.8, 4) is 0 Å². The summed E-state index contributed by atoms with van der Waals surface area (Å²) in [7, 11) is -0.471. The van der Waals surface area contributed by atoms with E-state index >= 15 is 0 Å². The van der Waals surface area contributed by atoms with Crippen LogP contribution < -0.4 is 0 Å². The van der Waals surface area contributed by atoms with Gasteiger partial charge in [0.15, 0.2) is 0 Å². The van der Waals surface area contributed by atoms with Crippen LogP contribution in [0.5, 0.6) is 0 Å². The van der Waals surface area contributed by atoms with Crippen LogP contribution in [-0.4, -0.2) is 16.2 Å². The molecule has 1 fully saturated rings. The van der Waals surface area contributed by atoms with Crippen LogP contribution in [0.1, 0.15) is 13.3 Å². The van der Waals surface area contributed by atoms with Crippen LogP contribution in [0.25, 0.3) is 0 Å². The van der Waals surface area contributed by atoms with Gasteiger partial charge in [-0.15, -0.1) is 15.3 Å². The highest BCUT2D eigenvalue weighted by molar-refractivity contribution is 9.24. The summed E-state index contributed by atoms with van der Waals surface area (Å²) in [5.41, 5.74) is 0. The third-order valence-electron chi connectivity index (χ3n) is 2.47. The van der Waals surface area contributed by atoms with Crippen LogP contribution >= 0.6 is 15.3 Å². The third-order valence-corrected chi connectivity index (χ3v) is 12.2. The summed E-state index contributed by atoms with van der Waals surface area (Å²) in [5, 5.41) is 0. The molecule has 1 rings (SSSR count). The van der Waals surface area contributed by atoms with E-state index in [4.69, 9.17) is 0 Å². The van der Waals surface area contributed by atoms with Crippen LogP contribution in [0.3, 0.4) is 0 Å². The monoisotopic (exact) mass is 236 g/mol. The highest BCUT2D eigenvalue weighted by Crippen LogP contribution is 2.26. The maximum Gasteiger partial charge on any atom is 0.114 e. The lowest BCUT2D eigenvalue weighted by atomic mass is 10.6. The second-order valence-corrected chi connectivity index (χ2v) is 13.1. The minimum atomic E-state index is -0.311. The number of rotatable bonds is 2. The molecule has 0 spiro atoms. The van der Waals surface area contributed by atoms with Gasteiger partial charge in [-0.3, -0.25) is 0 Å². The fraction of sp³-hybridized carbons (Fsp3) is 1.00. The molecule has 0 bridgehead atoms. The summed E-state index contributed by atoms with van der Waals surface area (Å²) in [6, 6.07) is 8.16. The van der Waals surface area contributed by atoms with Crippen molar-refractivity contribution in [2.45, 2.75) is 43.6 Å². The Bertz CT molecular complexity index is 89.6. The average Bonchev–Trinajstić information content (AvgIpc) is 1.95. The first-order valence-corrected chi connectivity index (χ1v) is 11.7. The number of hydrogen-bond donors (Lipinski definition) is 0. The van der Waals surface area contributed by atoms with Gasteiger partial charge in [-0.1, -0.05) is 43.6 Å². The third kappa shape index (κ3) is 2.88. The predicted octanol–water partition coefficient (Wildman–Crippen LogP) is 2.76. The van der Waals surface area contributed by atoms with Gasteiger partial charge in [0.2, 0.25) is 0 Å². The lowest BCUT2D eigenvalue weighted by Crippen LogP contribution is -2.21. The largest absolute Gasteiger partial charge is 0.131 e. The molecule has 1 aliphatic heterocycles. The molecule has 3 heteroatoms. The van der Waals surface area contributed by atoms with Gasteiger partial charge in [0.25, 0.3) is 0 Å². The van der Waals surface area contributed by atoms with Crippen LogP contribution in [-0.2, 0) is 0 Å². The van der Waals surface area contributed by atoms with Gasteiger partial charge < -0.3 is 0 Å². The van der Waals surface area contributed by atoms with E-state index in [0.717, 1.165) is 0 Å². The molecule has 0 aromatic heterocycles. The van der Waals surface area contributed by atoms with Crippen LogP contribution in [0.4, 0.5) is 0 Å². The molecule has 0 radical (unpaired) electrons. The van der Waals surface area contributed by atoms with Gasteiger partial charge >= 0.3 is 0 Å². The number of hydrogen-bond acceptors (Lipinski definition) is 0. The Hall–Kier alpha value is 0.914. The molecule has 0 aliphatic carbocycles. The van der Waals surface area contributed by atoms with Gasteiger partial charge in [-0.05, 0) is 0 Å². The summed E-state index contributed by atoms with van der Waals surface area (Å²) in [5.74, 6) is 0. The minimum Gasteiger partial charge on any atom is -0.131 e. The maximum absolute atomic E-state index is 3.83. The second kappa shape index (κ2) is 4.72. The Morgan fingerprint density at radius 1 is 1.20 bits per heavy atom. The topological polar surface area (TPSA) is 0 Å². The van der Waals surface area contributed by atoms with E-state index < -0.39 is 0 Å². The lowest BCUT2D eigenvalue weighted by molar-refractivity contribution is 1.03. The molecule has 10 heavy (non-hydrogen) atoms. The van der Waals surface area contributed by atoms with Crippen LogP contribution in [0.2, 0.25) is 30.2 Å². The standard InChI is InChI=1S/C7H17BrSi2/c1-2-3-9-4-6-10(8)7-5-9/h9-10H,2-7H2,1H3. The van der Waals surface area contributed by atoms with Crippen molar-refractivity contribution in [3.63, 3.8) is 0 Å². The maximum atomic E-state index is 3.83. The molecule has 0 aromatic carbocycles. The molecule has 0 N–H and O–H groups in total. The summed E-state index contributed by atoms with van der Waals surface area (Å²) in [6.45, 7) is 2.34. The first-order chi connectivity index (χ1) is 4.83. The first-order valence-electron chi connectivity index (χ1n) is 4.47. The Morgan fingerprint density at radius 2 is 1.80 bits per heavy atom. The highest BCUT2D eigenvalue weighted by atomic mass is 79.9. The van der Waals surface area contributed by atoms with Gasteiger partial charge in [0.1, 0.15) is 7.42 Å². The predicted molar refractivity (Wildman–Crippen MR) is 57.6 cm³/mol. The van der Waals surface area contributed by atoms with Crippen molar-refractivity contribution in [1.29, 1.82) is 0 Å². The molecule has 0 nitrogen and oxygen atoms in total. The molecule has 0 saturated carbocycles. The van der Waals surface area contributed by atoms with Gasteiger partial charge in [-0.25, -0.2) is 0 Å². The van der Waals surface area contributed by atoms with Crippen molar-refractivity contribution < 1.29 is 0 Å². The van der Waals surface area contributed by atoms with Crippen molar-refractivity contribution in [2.75, 3.05) is 0 Å². The van der Waals surface area contributed by atoms with Crippen molar-refractivity contribution in [1.82, 2.24) is 0 Å². The van der Waals surface area contributed by atoms with E-state index in [1.54, 1.807) is 30.2 Å². The molecule has 0 unspecified atom stereocenters. The zero-order valence-corrected chi connectivity index (χ0v) is 10.7. The van der Waals surface area contributed by atoms with Crippen LogP contribution in [0.15, 0.2) is 0 Å². The zero-order chi connectivity index (χ0) is 7.40. The summed E-state index contributed by atoms with van der Waals surface area (Å²) >= 11 is 3.83. The Morgan fingerprint density at radius 3 is 2.30 bits per heavy atom. The molecule has 0 aromatic rings. The number of halogens is 1. The van der Waals surface area contributed by atoms with E-state index in [1.807, 2.05) is 0 Å². The van der Waals surface area contributed by atoms with Crippen LogP contribution in [0, 0.1) is 0 Å². The second-order valence-electron chi connectivity index (χ2n) is 3.41. The Kier molecular flexibility index (Phi) is 4.25. The molecule has 1 aliphatic rings. The molecule has 1 heterocycles. The van der Waals surface area contributed by atoms with E-state index in [1.165, 1.54) is 6.42 Å². The average molecular weight is 237 g/mol.